The predicted octanol–water partition coefficient (Wildman–Crippen LogP) is 0.760. The topological polar surface area (TPSA) is 83.0 Å². The number of aromatic amines is 1. The molecule has 0 amide bonds. The Morgan fingerprint density at radius 2 is 1.79 bits per heavy atom. The first-order valence-corrected chi connectivity index (χ1v) is 5.72. The van der Waals surface area contributed by atoms with Gasteiger partial charge in [0.1, 0.15) is 16.6 Å². The van der Waals surface area contributed by atoms with E-state index in [2.05, 4.69) is 9.97 Å². The van der Waals surface area contributed by atoms with Crippen molar-refractivity contribution >= 4 is 28.3 Å². The second-order valence-electron chi connectivity index (χ2n) is 4.35. The van der Waals surface area contributed by atoms with Crippen LogP contribution < -0.4 is 16.1 Å². The van der Waals surface area contributed by atoms with Gasteiger partial charge in [0.15, 0.2) is 0 Å². The van der Waals surface area contributed by atoms with E-state index in [0.29, 0.717) is 16.3 Å². The van der Waals surface area contributed by atoms with Crippen LogP contribution in [0.3, 0.4) is 0 Å². The molecule has 94 valence electrons. The van der Waals surface area contributed by atoms with E-state index >= 15 is 0 Å². The number of H-pyrrole nitrogens is 1. The SMILES string of the molecule is Cc1ccc(=O)c2nc3c(=CO)ccc(=O)c3[nH]c12. The molecular formula is C14H10N2O3. The molecule has 2 N–H and O–H groups in total. The maximum Gasteiger partial charge on any atom is 0.206 e. The molecule has 0 radical (unpaired) electrons. The predicted molar refractivity (Wildman–Crippen MR) is 73.2 cm³/mol. The summed E-state index contributed by atoms with van der Waals surface area (Å²) < 4.78 is 0. The lowest BCUT2D eigenvalue weighted by Crippen LogP contribution is -2.15. The van der Waals surface area contributed by atoms with Crippen molar-refractivity contribution in [2.45, 2.75) is 6.92 Å². The number of hydrogen-bond acceptors (Lipinski definition) is 4. The van der Waals surface area contributed by atoms with Crippen molar-refractivity contribution in [1.82, 2.24) is 9.97 Å². The van der Waals surface area contributed by atoms with Crippen LogP contribution in [0.4, 0.5) is 0 Å². The zero-order valence-corrected chi connectivity index (χ0v) is 10.1. The maximum atomic E-state index is 11.8. The lowest BCUT2D eigenvalue weighted by molar-refractivity contribution is 0.541. The van der Waals surface area contributed by atoms with Gasteiger partial charge in [0.25, 0.3) is 0 Å². The number of hydrogen-bond donors (Lipinski definition) is 2. The van der Waals surface area contributed by atoms with Crippen molar-refractivity contribution in [3.63, 3.8) is 0 Å². The number of fused-ring (bicyclic) bond motifs is 2. The number of aryl methyl sites for hydroxylation is 1. The normalized spacial score (nSPS) is 12.4. The van der Waals surface area contributed by atoms with E-state index in [-0.39, 0.29) is 21.9 Å². The van der Waals surface area contributed by atoms with E-state index in [1.165, 1.54) is 18.2 Å². The Kier molecular flexibility index (Phi) is 2.35. The van der Waals surface area contributed by atoms with Crippen LogP contribution >= 0.6 is 0 Å². The molecule has 0 bridgehead atoms. The Morgan fingerprint density at radius 1 is 1.05 bits per heavy atom. The summed E-state index contributed by atoms with van der Waals surface area (Å²) in [4.78, 5) is 30.9. The molecule has 2 aromatic carbocycles. The molecule has 3 aromatic rings. The fourth-order valence-electron chi connectivity index (χ4n) is 2.11. The summed E-state index contributed by atoms with van der Waals surface area (Å²) in [6.45, 7) is 1.83. The van der Waals surface area contributed by atoms with Gasteiger partial charge in [-0.3, -0.25) is 9.59 Å². The third-order valence-corrected chi connectivity index (χ3v) is 3.13. The Hall–Kier alpha value is -2.69. The molecule has 0 unspecified atom stereocenters. The summed E-state index contributed by atoms with van der Waals surface area (Å²) >= 11 is 0. The molecule has 0 saturated carbocycles. The van der Waals surface area contributed by atoms with Crippen molar-refractivity contribution < 1.29 is 5.11 Å². The number of aromatic nitrogens is 2. The van der Waals surface area contributed by atoms with Crippen LogP contribution in [0.2, 0.25) is 0 Å². The zero-order valence-electron chi connectivity index (χ0n) is 10.1. The standard InChI is InChI=1S/C14H10N2O3/c1-7-2-4-9(18)13-11(7)15-14-10(19)5-3-8(6-17)12(14)16-13/h2-6,15,17H,1H3. The number of benzene rings is 2. The van der Waals surface area contributed by atoms with Crippen molar-refractivity contribution in [3.8, 4) is 0 Å². The van der Waals surface area contributed by atoms with Crippen LogP contribution in [-0.4, -0.2) is 15.1 Å². The first-order chi connectivity index (χ1) is 9.11. The number of nitrogens with zero attached hydrogens (tertiary/aromatic N) is 1. The Labute approximate surface area is 106 Å². The average Bonchev–Trinajstić information content (AvgIpc) is 2.43. The van der Waals surface area contributed by atoms with Gasteiger partial charge in [-0.15, -0.1) is 0 Å². The van der Waals surface area contributed by atoms with E-state index in [4.69, 9.17) is 5.11 Å². The number of aliphatic hydroxyl groups is 1. The molecule has 0 aliphatic rings. The summed E-state index contributed by atoms with van der Waals surface area (Å²) in [5.74, 6) is 0. The molecule has 0 atom stereocenters. The Bertz CT molecular complexity index is 974. The van der Waals surface area contributed by atoms with Gasteiger partial charge < -0.3 is 10.1 Å². The summed E-state index contributed by atoms with van der Waals surface area (Å²) in [6, 6.07) is 5.94. The molecule has 0 spiro atoms. The quantitative estimate of drug-likeness (QED) is 0.580. The van der Waals surface area contributed by atoms with Crippen molar-refractivity contribution in [2.24, 2.45) is 0 Å². The highest BCUT2D eigenvalue weighted by Gasteiger charge is 2.08. The molecule has 0 saturated heterocycles. The van der Waals surface area contributed by atoms with E-state index in [1.54, 1.807) is 6.07 Å². The van der Waals surface area contributed by atoms with Crippen LogP contribution in [-0.2, 0) is 0 Å². The maximum absolute atomic E-state index is 11.8. The monoisotopic (exact) mass is 254 g/mol. The number of aliphatic hydroxyl groups excluding tert-OH is 1. The lowest BCUT2D eigenvalue weighted by Gasteiger charge is -2.04. The lowest BCUT2D eigenvalue weighted by atomic mass is 10.1. The van der Waals surface area contributed by atoms with E-state index in [9.17, 15) is 9.59 Å². The number of rotatable bonds is 0. The van der Waals surface area contributed by atoms with Crippen LogP contribution in [0, 0.1) is 6.92 Å². The van der Waals surface area contributed by atoms with Crippen molar-refractivity contribution in [3.05, 3.63) is 55.5 Å². The van der Waals surface area contributed by atoms with Crippen LogP contribution in [0.25, 0.3) is 28.3 Å². The first kappa shape index (κ1) is 11.4. The highest BCUT2D eigenvalue weighted by Crippen LogP contribution is 2.12. The minimum absolute atomic E-state index is 0.223. The van der Waals surface area contributed by atoms with E-state index < -0.39 is 0 Å². The highest BCUT2D eigenvalue weighted by atomic mass is 16.2. The molecule has 1 heterocycles. The minimum Gasteiger partial charge on any atom is -0.515 e. The van der Waals surface area contributed by atoms with Gasteiger partial charge in [0.05, 0.1) is 11.8 Å². The van der Waals surface area contributed by atoms with Gasteiger partial charge in [-0.1, -0.05) is 6.07 Å². The smallest absolute Gasteiger partial charge is 0.206 e. The molecule has 5 nitrogen and oxygen atoms in total. The van der Waals surface area contributed by atoms with Gasteiger partial charge >= 0.3 is 0 Å². The summed E-state index contributed by atoms with van der Waals surface area (Å²) in [5.41, 5.74) is 1.77. The molecule has 19 heavy (non-hydrogen) atoms. The Morgan fingerprint density at radius 3 is 2.53 bits per heavy atom. The van der Waals surface area contributed by atoms with Crippen molar-refractivity contribution in [1.29, 1.82) is 0 Å². The molecule has 3 rings (SSSR count). The molecule has 0 fully saturated rings. The molecule has 1 aromatic heterocycles. The van der Waals surface area contributed by atoms with Gasteiger partial charge in [0.2, 0.25) is 10.9 Å². The van der Waals surface area contributed by atoms with Gasteiger partial charge in [-0.2, -0.15) is 0 Å². The van der Waals surface area contributed by atoms with Crippen LogP contribution in [0.5, 0.6) is 0 Å². The minimum atomic E-state index is -0.231. The van der Waals surface area contributed by atoms with Gasteiger partial charge in [-0.25, -0.2) is 4.98 Å². The molecule has 0 aliphatic carbocycles. The third kappa shape index (κ3) is 1.59. The summed E-state index contributed by atoms with van der Waals surface area (Å²) in [6.07, 6.45) is 0.870. The largest absolute Gasteiger partial charge is 0.515 e. The Balaban J connectivity index is 2.72. The molecule has 0 aliphatic heterocycles. The fraction of sp³-hybridized carbons (Fsp3) is 0.0714. The van der Waals surface area contributed by atoms with E-state index in [0.717, 1.165) is 11.8 Å². The fourth-order valence-corrected chi connectivity index (χ4v) is 2.11. The first-order valence-electron chi connectivity index (χ1n) is 5.72. The number of nitrogens with one attached hydrogen (secondary N) is 1. The van der Waals surface area contributed by atoms with Crippen molar-refractivity contribution in [2.75, 3.05) is 0 Å². The zero-order chi connectivity index (χ0) is 13.6. The summed E-state index contributed by atoms with van der Waals surface area (Å²) in [7, 11) is 0. The van der Waals surface area contributed by atoms with Crippen LogP contribution in [0.15, 0.2) is 33.9 Å². The van der Waals surface area contributed by atoms with Gasteiger partial charge in [0, 0.05) is 5.22 Å². The second kappa shape index (κ2) is 3.91. The molecule has 5 heteroatoms. The third-order valence-electron chi connectivity index (χ3n) is 3.13. The van der Waals surface area contributed by atoms with Crippen LogP contribution in [0.1, 0.15) is 5.56 Å². The average molecular weight is 254 g/mol. The highest BCUT2D eigenvalue weighted by molar-refractivity contribution is 5.87. The van der Waals surface area contributed by atoms with E-state index in [1.807, 2.05) is 6.92 Å². The van der Waals surface area contributed by atoms with Gasteiger partial charge in [-0.05, 0) is 30.7 Å². The molecular weight excluding hydrogens is 244 g/mol. The second-order valence-corrected chi connectivity index (χ2v) is 4.35. The summed E-state index contributed by atoms with van der Waals surface area (Å²) in [5, 5.41) is 9.56.